The van der Waals surface area contributed by atoms with Crippen molar-refractivity contribution in [2.45, 2.75) is 25.1 Å². The van der Waals surface area contributed by atoms with Gasteiger partial charge in [0.2, 0.25) is 19.3 Å². The van der Waals surface area contributed by atoms with E-state index in [9.17, 15) is 18.5 Å². The minimum Gasteiger partial charge on any atom is -0.318 e. The maximum absolute atomic E-state index is 12.6. The highest BCUT2D eigenvalue weighted by atomic mass is 79.9. The van der Waals surface area contributed by atoms with Gasteiger partial charge in [0, 0.05) is 21.5 Å². The molecule has 0 spiro atoms. The van der Waals surface area contributed by atoms with Crippen molar-refractivity contribution in [2.75, 3.05) is 11.1 Å². The van der Waals surface area contributed by atoms with E-state index in [0.29, 0.717) is 0 Å². The standard InChI is InChI=1S/C20H18BrN5O3S2/c1-4-31(28,29)20-25-24-19(30-20)23-18(27)15(11-22)10-14-9-12(2)26(13(14)3)17-7-5-16(21)6-8-17/h5-10H,4H2,1-3H3,(H,23,24,27). The number of nitrogens with zero attached hydrogens (tertiary/aromatic N) is 4. The summed E-state index contributed by atoms with van der Waals surface area (Å²) in [4.78, 5) is 12.6. The Morgan fingerprint density at radius 2 is 1.97 bits per heavy atom. The van der Waals surface area contributed by atoms with Gasteiger partial charge in [-0.3, -0.25) is 10.1 Å². The first-order valence-corrected chi connectivity index (χ1v) is 12.4. The molecule has 3 aromatic rings. The number of sulfone groups is 1. The van der Waals surface area contributed by atoms with Crippen LogP contribution in [0.15, 0.2) is 44.7 Å². The van der Waals surface area contributed by atoms with Crippen molar-refractivity contribution in [1.82, 2.24) is 14.8 Å². The zero-order valence-corrected chi connectivity index (χ0v) is 20.1. The van der Waals surface area contributed by atoms with Gasteiger partial charge < -0.3 is 4.57 Å². The van der Waals surface area contributed by atoms with Gasteiger partial charge in [-0.15, -0.1) is 10.2 Å². The number of anilines is 1. The first kappa shape index (κ1) is 22.9. The molecular weight excluding hydrogens is 502 g/mol. The second kappa shape index (κ2) is 9.13. The number of nitrogens with one attached hydrogen (secondary N) is 1. The summed E-state index contributed by atoms with van der Waals surface area (Å²) in [6, 6.07) is 11.6. The van der Waals surface area contributed by atoms with Crippen molar-refractivity contribution in [1.29, 1.82) is 5.26 Å². The fourth-order valence-electron chi connectivity index (χ4n) is 2.90. The van der Waals surface area contributed by atoms with E-state index in [1.165, 1.54) is 13.0 Å². The first-order chi connectivity index (χ1) is 14.7. The molecule has 11 heteroatoms. The Morgan fingerprint density at radius 1 is 1.29 bits per heavy atom. The van der Waals surface area contributed by atoms with Crippen molar-refractivity contribution in [3.8, 4) is 11.8 Å². The van der Waals surface area contributed by atoms with E-state index in [0.717, 1.165) is 38.4 Å². The van der Waals surface area contributed by atoms with Crippen molar-refractivity contribution < 1.29 is 13.2 Å². The van der Waals surface area contributed by atoms with E-state index in [1.54, 1.807) is 0 Å². The largest absolute Gasteiger partial charge is 0.318 e. The number of rotatable bonds is 6. The van der Waals surface area contributed by atoms with Crippen LogP contribution >= 0.6 is 27.3 Å². The summed E-state index contributed by atoms with van der Waals surface area (Å²) >= 11 is 4.17. The smallest absolute Gasteiger partial charge is 0.268 e. The molecule has 160 valence electrons. The molecule has 1 aromatic carbocycles. The predicted molar refractivity (Wildman–Crippen MR) is 123 cm³/mol. The number of halogens is 1. The summed E-state index contributed by atoms with van der Waals surface area (Å²) < 4.78 is 26.5. The van der Waals surface area contributed by atoms with Crippen LogP contribution in [0.4, 0.5) is 5.13 Å². The maximum Gasteiger partial charge on any atom is 0.268 e. The normalized spacial score (nSPS) is 11.9. The number of hydrogen-bond acceptors (Lipinski definition) is 7. The molecule has 3 rings (SSSR count). The van der Waals surface area contributed by atoms with Gasteiger partial charge >= 0.3 is 0 Å². The van der Waals surface area contributed by atoms with Crippen LogP contribution in [0, 0.1) is 25.2 Å². The minimum absolute atomic E-state index is 0.0125. The molecule has 0 atom stereocenters. The zero-order chi connectivity index (χ0) is 22.8. The minimum atomic E-state index is -3.52. The van der Waals surface area contributed by atoms with E-state index >= 15 is 0 Å². The quantitative estimate of drug-likeness (QED) is 0.298. The van der Waals surface area contributed by atoms with Crippen LogP contribution in [-0.2, 0) is 14.6 Å². The van der Waals surface area contributed by atoms with Crippen molar-refractivity contribution >= 4 is 54.2 Å². The summed E-state index contributed by atoms with van der Waals surface area (Å²) in [5, 5.41) is 19.3. The zero-order valence-electron chi connectivity index (χ0n) is 16.9. The van der Waals surface area contributed by atoms with E-state index in [4.69, 9.17) is 0 Å². The summed E-state index contributed by atoms with van der Waals surface area (Å²) in [6.45, 7) is 5.34. The second-order valence-corrected chi connectivity index (χ2v) is 10.9. The number of aromatic nitrogens is 3. The lowest BCUT2D eigenvalue weighted by Gasteiger charge is -2.09. The SMILES string of the molecule is CCS(=O)(=O)c1nnc(NC(=O)C(C#N)=Cc2cc(C)n(-c3ccc(Br)cc3)c2C)s1. The monoisotopic (exact) mass is 519 g/mol. The third-order valence-corrected chi connectivity index (χ3v) is 8.04. The molecule has 2 heterocycles. The van der Waals surface area contributed by atoms with Crippen LogP contribution in [0.1, 0.15) is 23.9 Å². The van der Waals surface area contributed by atoms with E-state index < -0.39 is 15.7 Å². The molecule has 0 fully saturated rings. The van der Waals surface area contributed by atoms with E-state index in [2.05, 4.69) is 31.4 Å². The number of carbonyl (C=O) groups excluding carboxylic acids is 1. The summed E-state index contributed by atoms with van der Waals surface area (Å²) in [5.74, 6) is -0.806. The van der Waals surface area contributed by atoms with Crippen LogP contribution in [-0.4, -0.2) is 34.8 Å². The fraction of sp³-hybridized carbons (Fsp3) is 0.200. The molecule has 8 nitrogen and oxygen atoms in total. The number of carbonyl (C=O) groups is 1. The van der Waals surface area contributed by atoms with Gasteiger partial charge in [0.05, 0.1) is 5.75 Å². The molecule has 0 saturated carbocycles. The molecule has 0 aliphatic heterocycles. The van der Waals surface area contributed by atoms with Gasteiger partial charge in [-0.1, -0.05) is 34.2 Å². The average Bonchev–Trinajstić information content (AvgIpc) is 3.31. The highest BCUT2D eigenvalue weighted by molar-refractivity contribution is 9.10. The highest BCUT2D eigenvalue weighted by Crippen LogP contribution is 2.25. The van der Waals surface area contributed by atoms with E-state index in [-0.39, 0.29) is 20.8 Å². The van der Waals surface area contributed by atoms with Gasteiger partial charge in [0.1, 0.15) is 11.6 Å². The second-order valence-electron chi connectivity index (χ2n) is 6.54. The molecule has 0 saturated heterocycles. The molecular formula is C20H18BrN5O3S2. The van der Waals surface area contributed by atoms with Gasteiger partial charge in [0.25, 0.3) is 5.91 Å². The van der Waals surface area contributed by atoms with Crippen molar-refractivity contribution in [2.24, 2.45) is 0 Å². The van der Waals surface area contributed by atoms with Gasteiger partial charge in [-0.2, -0.15) is 5.26 Å². The number of nitriles is 1. The lowest BCUT2D eigenvalue weighted by molar-refractivity contribution is -0.112. The molecule has 0 radical (unpaired) electrons. The Labute approximate surface area is 192 Å². The van der Waals surface area contributed by atoms with Crippen LogP contribution in [0.3, 0.4) is 0 Å². The molecule has 1 N–H and O–H groups in total. The maximum atomic E-state index is 12.6. The molecule has 0 bridgehead atoms. The number of hydrogen-bond donors (Lipinski definition) is 1. The Kier molecular flexibility index (Phi) is 6.74. The van der Waals surface area contributed by atoms with Crippen LogP contribution < -0.4 is 5.32 Å². The summed E-state index contributed by atoms with van der Waals surface area (Å²) in [5.41, 5.74) is 3.36. The van der Waals surface area contributed by atoms with Crippen LogP contribution in [0.5, 0.6) is 0 Å². The number of amides is 1. The van der Waals surface area contributed by atoms with Gasteiger partial charge in [-0.25, -0.2) is 8.42 Å². The molecule has 0 aliphatic rings. The van der Waals surface area contributed by atoms with Crippen LogP contribution in [0.25, 0.3) is 11.8 Å². The highest BCUT2D eigenvalue weighted by Gasteiger charge is 2.20. The number of aryl methyl sites for hydroxylation is 1. The lowest BCUT2D eigenvalue weighted by atomic mass is 10.1. The topological polar surface area (TPSA) is 118 Å². The average molecular weight is 520 g/mol. The molecule has 0 unspecified atom stereocenters. The third kappa shape index (κ3) is 4.92. The Morgan fingerprint density at radius 3 is 2.58 bits per heavy atom. The van der Waals surface area contributed by atoms with Gasteiger partial charge in [-0.05, 0) is 55.8 Å². The predicted octanol–water partition coefficient (Wildman–Crippen LogP) is 4.05. The first-order valence-electron chi connectivity index (χ1n) is 9.10. The molecule has 2 aromatic heterocycles. The van der Waals surface area contributed by atoms with Crippen molar-refractivity contribution in [3.63, 3.8) is 0 Å². The van der Waals surface area contributed by atoms with Crippen molar-refractivity contribution in [3.05, 3.63) is 57.3 Å². The summed E-state index contributed by atoms with van der Waals surface area (Å²) in [6.07, 6.45) is 1.50. The molecule has 31 heavy (non-hydrogen) atoms. The molecule has 0 aliphatic carbocycles. The lowest BCUT2D eigenvalue weighted by Crippen LogP contribution is -2.13. The summed E-state index contributed by atoms with van der Waals surface area (Å²) in [7, 11) is -3.52. The van der Waals surface area contributed by atoms with Gasteiger partial charge in [0.15, 0.2) is 0 Å². The fourth-order valence-corrected chi connectivity index (χ4v) is 5.15. The number of benzene rings is 1. The Hall–Kier alpha value is -2.81. The van der Waals surface area contributed by atoms with Crippen LogP contribution in [0.2, 0.25) is 0 Å². The Bertz CT molecular complexity index is 1320. The van der Waals surface area contributed by atoms with E-state index in [1.807, 2.05) is 54.8 Å². The molecule has 1 amide bonds. The Balaban J connectivity index is 1.88. The third-order valence-electron chi connectivity index (χ3n) is 4.49.